The summed E-state index contributed by atoms with van der Waals surface area (Å²) in [5, 5.41) is 20.0. The molecule has 1 heterocycles. The molecule has 0 bridgehead atoms. The zero-order chi connectivity index (χ0) is 8.43. The molecule has 1 aromatic heterocycles. The van der Waals surface area contributed by atoms with Gasteiger partial charge < -0.3 is 10.2 Å². The molecule has 0 saturated heterocycles. The van der Waals surface area contributed by atoms with Crippen molar-refractivity contribution < 1.29 is 10.2 Å². The molecule has 3 N–H and O–H groups in total. The van der Waals surface area contributed by atoms with E-state index < -0.39 is 0 Å². The molecule has 5 heteroatoms. The summed E-state index contributed by atoms with van der Waals surface area (Å²) in [6.07, 6.45) is 0.183. The zero-order valence-electron chi connectivity index (χ0n) is 6.16. The van der Waals surface area contributed by atoms with E-state index in [2.05, 4.69) is 5.10 Å². The summed E-state index contributed by atoms with van der Waals surface area (Å²) in [4.78, 5) is 10.9. The average molecular weight is 158 g/mol. The molecular weight excluding hydrogens is 148 g/mol. The molecule has 0 fully saturated rings. The maximum Gasteiger partial charge on any atom is 0.271 e. The Kier molecular flexibility index (Phi) is 2.00. The van der Waals surface area contributed by atoms with Crippen LogP contribution in [0.4, 0.5) is 0 Å². The van der Waals surface area contributed by atoms with E-state index in [1.54, 1.807) is 0 Å². The maximum absolute atomic E-state index is 10.9. The first-order valence-electron chi connectivity index (χ1n) is 3.24. The molecule has 1 rings (SSSR count). The summed E-state index contributed by atoms with van der Waals surface area (Å²) in [6.45, 7) is -0.138. The van der Waals surface area contributed by atoms with E-state index >= 15 is 0 Å². The minimum absolute atomic E-state index is 0.107. The highest BCUT2D eigenvalue weighted by Crippen LogP contribution is 2.09. The van der Waals surface area contributed by atoms with Gasteiger partial charge in [0, 0.05) is 20.1 Å². The van der Waals surface area contributed by atoms with Gasteiger partial charge in [0.25, 0.3) is 5.56 Å². The third-order valence-corrected chi connectivity index (χ3v) is 1.49. The summed E-state index contributed by atoms with van der Waals surface area (Å²) in [5.74, 6) is -0.107. The van der Waals surface area contributed by atoms with Crippen molar-refractivity contribution in [2.75, 3.05) is 6.61 Å². The third-order valence-electron chi connectivity index (χ3n) is 1.49. The minimum Gasteiger partial charge on any atom is -0.493 e. The van der Waals surface area contributed by atoms with E-state index in [4.69, 9.17) is 5.11 Å². The number of aromatic amines is 1. The first-order valence-corrected chi connectivity index (χ1v) is 3.24. The molecule has 0 atom stereocenters. The lowest BCUT2D eigenvalue weighted by Gasteiger charge is -1.93. The SMILES string of the molecule is Cn1[nH]c(=O)c(CCO)c1O. The number of aromatic nitrogens is 2. The second-order valence-electron chi connectivity index (χ2n) is 2.28. The Morgan fingerprint density at radius 1 is 1.64 bits per heavy atom. The molecule has 5 nitrogen and oxygen atoms in total. The van der Waals surface area contributed by atoms with E-state index in [0.29, 0.717) is 0 Å². The number of H-pyrrole nitrogens is 1. The molecule has 0 saturated carbocycles. The lowest BCUT2D eigenvalue weighted by Crippen LogP contribution is -2.07. The van der Waals surface area contributed by atoms with Crippen LogP contribution < -0.4 is 5.56 Å². The van der Waals surface area contributed by atoms with Gasteiger partial charge >= 0.3 is 0 Å². The Bertz CT molecular complexity index is 299. The molecule has 0 aromatic carbocycles. The standard InChI is InChI=1S/C6H10N2O3/c1-8-6(11)4(2-3-9)5(10)7-8/h9,11H,2-3H2,1H3,(H,7,10). The molecule has 0 amide bonds. The quantitative estimate of drug-likeness (QED) is 0.514. The number of nitrogens with zero attached hydrogens (tertiary/aromatic N) is 1. The van der Waals surface area contributed by atoms with E-state index in [-0.39, 0.29) is 30.0 Å². The van der Waals surface area contributed by atoms with Crippen LogP contribution in [0.15, 0.2) is 4.79 Å². The van der Waals surface area contributed by atoms with E-state index in [1.807, 2.05) is 0 Å². The Morgan fingerprint density at radius 3 is 2.64 bits per heavy atom. The van der Waals surface area contributed by atoms with Gasteiger partial charge in [-0.05, 0) is 0 Å². The molecule has 0 radical (unpaired) electrons. The summed E-state index contributed by atoms with van der Waals surface area (Å²) in [5.41, 5.74) is -0.117. The Labute approximate surface area is 62.9 Å². The van der Waals surface area contributed by atoms with Crippen molar-refractivity contribution in [1.82, 2.24) is 9.78 Å². The zero-order valence-corrected chi connectivity index (χ0v) is 6.16. The van der Waals surface area contributed by atoms with E-state index in [1.165, 1.54) is 11.7 Å². The van der Waals surface area contributed by atoms with Gasteiger partial charge in [0.15, 0.2) is 0 Å². The van der Waals surface area contributed by atoms with Crippen molar-refractivity contribution in [1.29, 1.82) is 0 Å². The summed E-state index contributed by atoms with van der Waals surface area (Å²) >= 11 is 0. The smallest absolute Gasteiger partial charge is 0.271 e. The van der Waals surface area contributed by atoms with Crippen LogP contribution in [0.1, 0.15) is 5.56 Å². The highest BCUT2D eigenvalue weighted by Gasteiger charge is 2.09. The fourth-order valence-electron chi connectivity index (χ4n) is 0.914. The Morgan fingerprint density at radius 2 is 2.27 bits per heavy atom. The third kappa shape index (κ3) is 1.27. The molecule has 0 aliphatic rings. The van der Waals surface area contributed by atoms with Crippen LogP contribution in [0.5, 0.6) is 5.88 Å². The molecule has 62 valence electrons. The van der Waals surface area contributed by atoms with Crippen LogP contribution in [0.25, 0.3) is 0 Å². The normalized spacial score (nSPS) is 10.4. The minimum atomic E-state index is -0.348. The lowest BCUT2D eigenvalue weighted by atomic mass is 10.2. The fourth-order valence-corrected chi connectivity index (χ4v) is 0.914. The fraction of sp³-hybridized carbons (Fsp3) is 0.500. The van der Waals surface area contributed by atoms with Crippen molar-refractivity contribution in [2.24, 2.45) is 7.05 Å². The first kappa shape index (κ1) is 7.87. The highest BCUT2D eigenvalue weighted by atomic mass is 16.3. The monoisotopic (exact) mass is 158 g/mol. The van der Waals surface area contributed by atoms with E-state index in [9.17, 15) is 9.90 Å². The predicted octanol–water partition coefficient (Wildman–Crippen LogP) is -1.05. The summed E-state index contributed by atoms with van der Waals surface area (Å²) in [7, 11) is 1.53. The second kappa shape index (κ2) is 2.79. The number of aromatic hydroxyl groups is 1. The van der Waals surface area contributed by atoms with Crippen LogP contribution in [0.2, 0.25) is 0 Å². The largest absolute Gasteiger partial charge is 0.493 e. The van der Waals surface area contributed by atoms with Crippen LogP contribution in [-0.4, -0.2) is 26.6 Å². The van der Waals surface area contributed by atoms with Gasteiger partial charge in [-0.3, -0.25) is 14.6 Å². The summed E-state index contributed by atoms with van der Waals surface area (Å²) < 4.78 is 1.22. The lowest BCUT2D eigenvalue weighted by molar-refractivity contribution is 0.296. The molecule has 11 heavy (non-hydrogen) atoms. The molecule has 0 aliphatic heterocycles. The topological polar surface area (TPSA) is 78.2 Å². The number of hydrogen-bond donors (Lipinski definition) is 3. The number of aryl methyl sites for hydroxylation is 1. The first-order chi connectivity index (χ1) is 5.16. The van der Waals surface area contributed by atoms with Crippen LogP contribution in [-0.2, 0) is 13.5 Å². The molecule has 0 spiro atoms. The number of aliphatic hydroxyl groups excluding tert-OH is 1. The molecule has 0 unspecified atom stereocenters. The van der Waals surface area contributed by atoms with Gasteiger partial charge in [0.2, 0.25) is 5.88 Å². The number of hydrogen-bond acceptors (Lipinski definition) is 3. The predicted molar refractivity (Wildman–Crippen MR) is 38.5 cm³/mol. The number of rotatable bonds is 2. The van der Waals surface area contributed by atoms with Crippen molar-refractivity contribution >= 4 is 0 Å². The van der Waals surface area contributed by atoms with Gasteiger partial charge in [0.05, 0.1) is 5.56 Å². The molecule has 1 aromatic rings. The van der Waals surface area contributed by atoms with Gasteiger partial charge in [-0.2, -0.15) is 0 Å². The van der Waals surface area contributed by atoms with Crippen LogP contribution in [0, 0.1) is 0 Å². The van der Waals surface area contributed by atoms with Crippen molar-refractivity contribution in [3.8, 4) is 5.88 Å². The molecular formula is C6H10N2O3. The molecule has 0 aliphatic carbocycles. The van der Waals surface area contributed by atoms with E-state index in [0.717, 1.165) is 0 Å². The van der Waals surface area contributed by atoms with Crippen molar-refractivity contribution in [3.05, 3.63) is 15.9 Å². The van der Waals surface area contributed by atoms with Gasteiger partial charge in [-0.15, -0.1) is 0 Å². The van der Waals surface area contributed by atoms with Gasteiger partial charge in [-0.25, -0.2) is 0 Å². The Balaban J connectivity index is 3.12. The second-order valence-corrected chi connectivity index (χ2v) is 2.28. The van der Waals surface area contributed by atoms with Gasteiger partial charge in [-0.1, -0.05) is 0 Å². The maximum atomic E-state index is 10.9. The van der Waals surface area contributed by atoms with Crippen molar-refractivity contribution in [2.45, 2.75) is 6.42 Å². The van der Waals surface area contributed by atoms with Gasteiger partial charge in [0.1, 0.15) is 0 Å². The van der Waals surface area contributed by atoms with Crippen LogP contribution >= 0.6 is 0 Å². The summed E-state index contributed by atoms with van der Waals surface area (Å²) in [6, 6.07) is 0. The van der Waals surface area contributed by atoms with Crippen LogP contribution in [0.3, 0.4) is 0 Å². The van der Waals surface area contributed by atoms with Crippen molar-refractivity contribution in [3.63, 3.8) is 0 Å². The average Bonchev–Trinajstić information content (AvgIpc) is 2.17. The Hall–Kier alpha value is -1.23. The highest BCUT2D eigenvalue weighted by molar-refractivity contribution is 5.22. The number of aliphatic hydroxyl groups is 1. The number of nitrogens with one attached hydrogen (secondary N) is 1.